The Hall–Kier alpha value is -1.98. The van der Waals surface area contributed by atoms with Crippen LogP contribution < -0.4 is 10.6 Å². The van der Waals surface area contributed by atoms with Crippen LogP contribution in [0.2, 0.25) is 0 Å². The number of nitrogens with zero attached hydrogens (tertiary/aromatic N) is 3. The second kappa shape index (κ2) is 12.2. The van der Waals surface area contributed by atoms with Crippen molar-refractivity contribution in [2.45, 2.75) is 57.1 Å². The van der Waals surface area contributed by atoms with Gasteiger partial charge in [-0.2, -0.15) is 4.31 Å². The van der Waals surface area contributed by atoms with E-state index in [4.69, 9.17) is 4.74 Å². The molecule has 176 valence electrons. The lowest BCUT2D eigenvalue weighted by Crippen LogP contribution is -2.36. The number of amides is 2. The molecule has 1 aliphatic rings. The van der Waals surface area contributed by atoms with E-state index in [0.29, 0.717) is 39.0 Å². The van der Waals surface area contributed by atoms with Crippen LogP contribution in [-0.2, 0) is 31.4 Å². The van der Waals surface area contributed by atoms with Crippen LogP contribution in [-0.4, -0.2) is 73.0 Å². The Bertz CT molecular complexity index is 824. The van der Waals surface area contributed by atoms with Gasteiger partial charge in [0.1, 0.15) is 0 Å². The second-order valence-corrected chi connectivity index (χ2v) is 9.96. The molecule has 31 heavy (non-hydrogen) atoms. The highest BCUT2D eigenvalue weighted by Crippen LogP contribution is 2.18. The van der Waals surface area contributed by atoms with Crippen LogP contribution in [0.3, 0.4) is 0 Å². The molecule has 2 amide bonds. The number of carbonyl (C=O) groups excluding carboxylic acids is 2. The third-order valence-corrected chi connectivity index (χ3v) is 6.88. The van der Waals surface area contributed by atoms with Crippen molar-refractivity contribution in [3.63, 3.8) is 0 Å². The molecule has 1 unspecified atom stereocenters. The molecule has 11 heteroatoms. The fraction of sp³-hybridized carbons (Fsp3) is 0.750. The van der Waals surface area contributed by atoms with Gasteiger partial charge in [0.15, 0.2) is 5.03 Å². The summed E-state index contributed by atoms with van der Waals surface area (Å²) in [5.41, 5.74) is 0. The first kappa shape index (κ1) is 25.3. The molecule has 0 aliphatic carbocycles. The summed E-state index contributed by atoms with van der Waals surface area (Å²) >= 11 is 0. The predicted molar refractivity (Wildman–Crippen MR) is 116 cm³/mol. The Labute approximate surface area is 184 Å². The molecule has 0 spiro atoms. The van der Waals surface area contributed by atoms with Crippen LogP contribution in [0.25, 0.3) is 0 Å². The number of aromatic nitrogens is 2. The van der Waals surface area contributed by atoms with Crippen LogP contribution in [0.1, 0.15) is 46.0 Å². The number of hydrogen-bond donors (Lipinski definition) is 2. The van der Waals surface area contributed by atoms with E-state index in [2.05, 4.69) is 15.6 Å². The van der Waals surface area contributed by atoms with Gasteiger partial charge >= 0.3 is 0 Å². The highest BCUT2D eigenvalue weighted by Gasteiger charge is 2.28. The quantitative estimate of drug-likeness (QED) is 0.553. The van der Waals surface area contributed by atoms with E-state index in [1.807, 2.05) is 13.8 Å². The van der Waals surface area contributed by atoms with Gasteiger partial charge in [-0.25, -0.2) is 13.4 Å². The number of hydrogen-bond acceptors (Lipinski definition) is 6. The standard InChI is InChI=1S/C20H35N5O5S/c1-16(2)30-13-5-9-22-20(27)17-6-4-11-25(12-8-18(26)21-10-7-17)31(28,29)19-14-24(3)15-23-19/h14-17H,4-13H2,1-3H3,(H,21,26)(H,22,27). The van der Waals surface area contributed by atoms with E-state index in [0.717, 1.165) is 6.42 Å². The second-order valence-electron chi connectivity index (χ2n) is 8.07. The zero-order valence-electron chi connectivity index (χ0n) is 18.7. The zero-order chi connectivity index (χ0) is 22.9. The van der Waals surface area contributed by atoms with Crippen molar-refractivity contribution in [2.24, 2.45) is 13.0 Å². The Morgan fingerprint density at radius 3 is 2.81 bits per heavy atom. The van der Waals surface area contributed by atoms with Gasteiger partial charge in [-0.3, -0.25) is 9.59 Å². The van der Waals surface area contributed by atoms with Crippen LogP contribution in [0.15, 0.2) is 17.6 Å². The van der Waals surface area contributed by atoms with Gasteiger partial charge in [0.25, 0.3) is 10.0 Å². The van der Waals surface area contributed by atoms with E-state index in [9.17, 15) is 18.0 Å². The Balaban J connectivity index is 1.97. The summed E-state index contributed by atoms with van der Waals surface area (Å²) in [6.45, 7) is 5.74. The van der Waals surface area contributed by atoms with Crippen molar-refractivity contribution in [1.29, 1.82) is 0 Å². The van der Waals surface area contributed by atoms with Crippen LogP contribution >= 0.6 is 0 Å². The minimum absolute atomic E-state index is 0.0387. The largest absolute Gasteiger partial charge is 0.379 e. The predicted octanol–water partition coefficient (Wildman–Crippen LogP) is 0.649. The lowest BCUT2D eigenvalue weighted by molar-refractivity contribution is -0.126. The summed E-state index contributed by atoms with van der Waals surface area (Å²) in [4.78, 5) is 28.7. The van der Waals surface area contributed by atoms with E-state index in [1.54, 1.807) is 11.6 Å². The van der Waals surface area contributed by atoms with Crippen LogP contribution in [0, 0.1) is 5.92 Å². The average molecular weight is 458 g/mol. The number of rotatable bonds is 8. The lowest BCUT2D eigenvalue weighted by Gasteiger charge is -2.21. The van der Waals surface area contributed by atoms with E-state index in [-0.39, 0.29) is 48.4 Å². The number of carbonyl (C=O) groups is 2. The summed E-state index contributed by atoms with van der Waals surface area (Å²) in [5, 5.41) is 5.68. The number of imidazole rings is 1. The maximum absolute atomic E-state index is 12.9. The molecule has 1 fully saturated rings. The maximum atomic E-state index is 12.9. The van der Waals surface area contributed by atoms with Gasteiger partial charge in [-0.15, -0.1) is 0 Å². The number of nitrogens with one attached hydrogen (secondary N) is 2. The summed E-state index contributed by atoms with van der Waals surface area (Å²) in [7, 11) is -2.10. The smallest absolute Gasteiger partial charge is 0.262 e. The minimum atomic E-state index is -3.80. The molecule has 10 nitrogen and oxygen atoms in total. The zero-order valence-corrected chi connectivity index (χ0v) is 19.5. The maximum Gasteiger partial charge on any atom is 0.262 e. The van der Waals surface area contributed by atoms with Gasteiger partial charge in [-0.05, 0) is 39.5 Å². The summed E-state index contributed by atoms with van der Waals surface area (Å²) in [5.74, 6) is -0.589. The van der Waals surface area contributed by atoms with Crippen molar-refractivity contribution < 1.29 is 22.7 Å². The fourth-order valence-corrected chi connectivity index (χ4v) is 4.82. The third-order valence-electron chi connectivity index (χ3n) is 5.09. The topological polar surface area (TPSA) is 123 Å². The molecule has 1 aromatic rings. The molecule has 0 aromatic carbocycles. The van der Waals surface area contributed by atoms with E-state index >= 15 is 0 Å². The highest BCUT2D eigenvalue weighted by atomic mass is 32.2. The van der Waals surface area contributed by atoms with Crippen LogP contribution in [0.5, 0.6) is 0 Å². The number of sulfonamides is 1. The van der Waals surface area contributed by atoms with Crippen molar-refractivity contribution in [2.75, 3.05) is 32.8 Å². The molecule has 2 rings (SSSR count). The first-order chi connectivity index (χ1) is 14.7. The first-order valence-electron chi connectivity index (χ1n) is 10.8. The van der Waals surface area contributed by atoms with Crippen molar-refractivity contribution in [1.82, 2.24) is 24.5 Å². The van der Waals surface area contributed by atoms with Gasteiger partial charge in [0, 0.05) is 58.4 Å². The molecule has 1 atom stereocenters. The molecule has 0 radical (unpaired) electrons. The average Bonchev–Trinajstić information content (AvgIpc) is 3.13. The fourth-order valence-electron chi connectivity index (χ4n) is 3.37. The van der Waals surface area contributed by atoms with Gasteiger partial charge in [0.2, 0.25) is 11.8 Å². The van der Waals surface area contributed by atoms with Gasteiger partial charge in [-0.1, -0.05) is 0 Å². The summed E-state index contributed by atoms with van der Waals surface area (Å²) in [6.07, 6.45) is 5.41. The molecular weight excluding hydrogens is 422 g/mol. The lowest BCUT2D eigenvalue weighted by atomic mass is 9.98. The molecule has 2 N–H and O–H groups in total. The van der Waals surface area contributed by atoms with Crippen molar-refractivity contribution >= 4 is 21.8 Å². The molecule has 0 saturated carbocycles. The monoisotopic (exact) mass is 457 g/mol. The summed E-state index contributed by atoms with van der Waals surface area (Å²) < 4.78 is 34.2. The molecule has 1 saturated heterocycles. The molecule has 1 aromatic heterocycles. The Morgan fingerprint density at radius 1 is 1.35 bits per heavy atom. The molecule has 2 heterocycles. The Kier molecular flexibility index (Phi) is 9.92. The SMILES string of the molecule is CC(C)OCCCNC(=O)C1CCCN(S(=O)(=O)c2cn(C)cn2)CCC(=O)NCC1. The normalized spacial score (nSPS) is 19.6. The number of aryl methyl sites for hydroxylation is 1. The molecule has 1 aliphatic heterocycles. The molecule has 0 bridgehead atoms. The van der Waals surface area contributed by atoms with E-state index < -0.39 is 10.0 Å². The van der Waals surface area contributed by atoms with Crippen LogP contribution in [0.4, 0.5) is 0 Å². The Morgan fingerprint density at radius 2 is 2.13 bits per heavy atom. The van der Waals surface area contributed by atoms with Crippen molar-refractivity contribution in [3.05, 3.63) is 12.5 Å². The number of ether oxygens (including phenoxy) is 1. The minimum Gasteiger partial charge on any atom is -0.379 e. The molecular formula is C20H35N5O5S. The highest BCUT2D eigenvalue weighted by molar-refractivity contribution is 7.89. The van der Waals surface area contributed by atoms with Gasteiger partial charge < -0.3 is 19.9 Å². The third kappa shape index (κ3) is 8.23. The van der Waals surface area contributed by atoms with Gasteiger partial charge in [0.05, 0.1) is 12.4 Å². The van der Waals surface area contributed by atoms with Crippen molar-refractivity contribution in [3.8, 4) is 0 Å². The summed E-state index contributed by atoms with van der Waals surface area (Å²) in [6, 6.07) is 0. The first-order valence-corrected chi connectivity index (χ1v) is 12.3. The van der Waals surface area contributed by atoms with E-state index in [1.165, 1.54) is 16.8 Å².